The topological polar surface area (TPSA) is 106 Å². The van der Waals surface area contributed by atoms with Crippen molar-refractivity contribution in [3.63, 3.8) is 0 Å². The highest BCUT2D eigenvalue weighted by molar-refractivity contribution is 5.89. The summed E-state index contributed by atoms with van der Waals surface area (Å²) in [6.07, 6.45) is 2.34. The largest absolute Gasteiger partial charge is 0.444 e. The molecule has 3 N–H and O–H groups in total. The Morgan fingerprint density at radius 1 is 1.21 bits per heavy atom. The zero-order chi connectivity index (χ0) is 20.5. The second-order valence-corrected chi connectivity index (χ2v) is 8.45. The molecule has 8 nitrogen and oxygen atoms in total. The van der Waals surface area contributed by atoms with Gasteiger partial charge in [-0.2, -0.15) is 9.97 Å². The molecular formula is C20H30N6O2. The van der Waals surface area contributed by atoms with Gasteiger partial charge in [0.25, 0.3) is 0 Å². The molecule has 8 heteroatoms. The van der Waals surface area contributed by atoms with E-state index in [1.54, 1.807) is 4.90 Å². The summed E-state index contributed by atoms with van der Waals surface area (Å²) in [4.78, 5) is 27.6. The number of carbonyl (C=O) groups excluding carboxylic acids is 1. The van der Waals surface area contributed by atoms with Crippen molar-refractivity contribution in [3.8, 4) is 0 Å². The maximum atomic E-state index is 12.3. The van der Waals surface area contributed by atoms with Crippen LogP contribution in [0.1, 0.15) is 51.3 Å². The highest BCUT2D eigenvalue weighted by Gasteiger charge is 2.25. The van der Waals surface area contributed by atoms with E-state index in [1.807, 2.05) is 40.7 Å². The molecule has 1 fully saturated rings. The highest BCUT2D eigenvalue weighted by Crippen LogP contribution is 2.24. The molecule has 152 valence electrons. The molecule has 0 aliphatic carbocycles. The van der Waals surface area contributed by atoms with Gasteiger partial charge in [-0.1, -0.05) is 0 Å². The van der Waals surface area contributed by atoms with Crippen LogP contribution in [0, 0.1) is 13.8 Å². The second kappa shape index (κ2) is 7.77. The molecule has 1 saturated heterocycles. The molecule has 1 unspecified atom stereocenters. The van der Waals surface area contributed by atoms with Crippen LogP contribution < -0.4 is 11.1 Å². The first-order chi connectivity index (χ1) is 13.1. The van der Waals surface area contributed by atoms with Crippen LogP contribution in [0.3, 0.4) is 0 Å². The molecule has 0 bridgehead atoms. The summed E-state index contributed by atoms with van der Waals surface area (Å²) in [7, 11) is 0. The number of hydrogen-bond acceptors (Lipinski definition) is 7. The van der Waals surface area contributed by atoms with Gasteiger partial charge in [0, 0.05) is 24.8 Å². The van der Waals surface area contributed by atoms with E-state index in [0.29, 0.717) is 30.5 Å². The van der Waals surface area contributed by atoms with E-state index in [-0.39, 0.29) is 12.1 Å². The number of nitrogens with two attached hydrogens (primary N) is 1. The van der Waals surface area contributed by atoms with Crippen molar-refractivity contribution < 1.29 is 9.53 Å². The van der Waals surface area contributed by atoms with E-state index < -0.39 is 5.60 Å². The first kappa shape index (κ1) is 20.1. The number of nitrogens with one attached hydrogen (secondary N) is 1. The van der Waals surface area contributed by atoms with Gasteiger partial charge in [-0.3, -0.25) is 0 Å². The van der Waals surface area contributed by atoms with Gasteiger partial charge in [0.15, 0.2) is 5.65 Å². The van der Waals surface area contributed by atoms with E-state index in [9.17, 15) is 4.79 Å². The molecule has 0 radical (unpaired) electrons. The molecular weight excluding hydrogens is 356 g/mol. The minimum Gasteiger partial charge on any atom is -0.444 e. The lowest BCUT2D eigenvalue weighted by atomic mass is 10.1. The maximum absolute atomic E-state index is 12.3. The number of nitrogen functional groups attached to an aromatic ring is 1. The number of nitrogens with zero attached hydrogens (tertiary/aromatic N) is 4. The molecule has 2 aromatic heterocycles. The molecule has 3 rings (SSSR count). The van der Waals surface area contributed by atoms with Gasteiger partial charge in [0.05, 0.1) is 5.39 Å². The van der Waals surface area contributed by atoms with Gasteiger partial charge in [-0.05, 0) is 65.5 Å². The second-order valence-electron chi connectivity index (χ2n) is 8.45. The monoisotopic (exact) mass is 386 g/mol. The quantitative estimate of drug-likeness (QED) is 0.814. The minimum atomic E-state index is -0.485. The van der Waals surface area contributed by atoms with Crippen molar-refractivity contribution >= 4 is 28.9 Å². The Hall–Kier alpha value is -2.64. The number of rotatable bonds is 2. The van der Waals surface area contributed by atoms with Crippen LogP contribution in [0.15, 0.2) is 6.07 Å². The molecule has 0 spiro atoms. The van der Waals surface area contributed by atoms with Gasteiger partial charge >= 0.3 is 6.09 Å². The van der Waals surface area contributed by atoms with Crippen LogP contribution in [0.2, 0.25) is 0 Å². The smallest absolute Gasteiger partial charge is 0.410 e. The van der Waals surface area contributed by atoms with Gasteiger partial charge in [-0.25, -0.2) is 9.78 Å². The fourth-order valence-corrected chi connectivity index (χ4v) is 3.51. The molecule has 1 aliphatic heterocycles. The number of anilines is 2. The number of hydrogen-bond donors (Lipinski definition) is 2. The summed E-state index contributed by atoms with van der Waals surface area (Å²) >= 11 is 0. The van der Waals surface area contributed by atoms with E-state index >= 15 is 0 Å². The normalized spacial score (nSPS) is 18.0. The number of likely N-dealkylation sites (tertiary alicyclic amines) is 1. The van der Waals surface area contributed by atoms with Crippen molar-refractivity contribution in [3.05, 3.63) is 17.3 Å². The van der Waals surface area contributed by atoms with E-state index in [0.717, 1.165) is 35.9 Å². The number of aromatic nitrogens is 3. The van der Waals surface area contributed by atoms with Crippen molar-refractivity contribution in [2.24, 2.45) is 0 Å². The predicted octanol–water partition coefficient (Wildman–Crippen LogP) is 3.43. The Morgan fingerprint density at radius 2 is 1.96 bits per heavy atom. The Balaban J connectivity index is 1.70. The van der Waals surface area contributed by atoms with E-state index in [1.165, 1.54) is 0 Å². The molecule has 0 saturated carbocycles. The van der Waals surface area contributed by atoms with E-state index in [4.69, 9.17) is 10.5 Å². The first-order valence-corrected chi connectivity index (χ1v) is 9.78. The number of amides is 1. The summed E-state index contributed by atoms with van der Waals surface area (Å²) in [6.45, 7) is 10.9. The van der Waals surface area contributed by atoms with Gasteiger partial charge in [0.2, 0.25) is 5.95 Å². The Labute approximate surface area is 165 Å². The van der Waals surface area contributed by atoms with Crippen molar-refractivity contribution in [1.29, 1.82) is 0 Å². The Morgan fingerprint density at radius 3 is 2.68 bits per heavy atom. The average Bonchev–Trinajstić information content (AvgIpc) is 2.77. The fraction of sp³-hybridized carbons (Fsp3) is 0.600. The molecule has 3 heterocycles. The van der Waals surface area contributed by atoms with Gasteiger partial charge in [-0.15, -0.1) is 0 Å². The SMILES string of the molecule is Cc1cc(C)c2c(N)nc(NC3CCCN(C(=O)OC(C)(C)C)CC3)nc2n1. The average molecular weight is 387 g/mol. The number of ether oxygens (including phenoxy) is 1. The van der Waals surface area contributed by atoms with Crippen molar-refractivity contribution in [1.82, 2.24) is 19.9 Å². The van der Waals surface area contributed by atoms with Crippen LogP contribution in [0.25, 0.3) is 11.0 Å². The standard InChI is InChI=1S/C20H30N6O2/c1-12-11-13(2)22-17-15(12)16(21)24-18(25-17)23-14-7-6-9-26(10-8-14)19(27)28-20(3,4)5/h11,14H,6-10H2,1-5H3,(H3,21,22,23,24,25). The van der Waals surface area contributed by atoms with Crippen LogP contribution >= 0.6 is 0 Å². The predicted molar refractivity (Wildman–Crippen MR) is 110 cm³/mol. The summed E-state index contributed by atoms with van der Waals surface area (Å²) < 4.78 is 5.49. The van der Waals surface area contributed by atoms with Crippen molar-refractivity contribution in [2.45, 2.75) is 65.5 Å². The van der Waals surface area contributed by atoms with Gasteiger partial charge < -0.3 is 20.7 Å². The Bertz CT molecular complexity index is 877. The minimum absolute atomic E-state index is 0.162. The molecule has 2 aromatic rings. The number of pyridine rings is 1. The molecule has 1 atom stereocenters. The lowest BCUT2D eigenvalue weighted by Crippen LogP contribution is -2.37. The zero-order valence-electron chi connectivity index (χ0n) is 17.4. The summed E-state index contributed by atoms with van der Waals surface area (Å²) in [5, 5.41) is 4.18. The third kappa shape index (κ3) is 4.79. The summed E-state index contributed by atoms with van der Waals surface area (Å²) in [5.41, 5.74) is 8.21. The van der Waals surface area contributed by atoms with E-state index in [2.05, 4.69) is 20.3 Å². The Kier molecular flexibility index (Phi) is 5.58. The number of carbonyl (C=O) groups is 1. The molecule has 1 aliphatic rings. The van der Waals surface area contributed by atoms with Crippen molar-refractivity contribution in [2.75, 3.05) is 24.1 Å². The van der Waals surface area contributed by atoms with Crippen LogP contribution in [0.5, 0.6) is 0 Å². The van der Waals surface area contributed by atoms with Crippen LogP contribution in [-0.2, 0) is 4.74 Å². The molecule has 28 heavy (non-hydrogen) atoms. The first-order valence-electron chi connectivity index (χ1n) is 9.78. The van der Waals surface area contributed by atoms with Crippen LogP contribution in [0.4, 0.5) is 16.6 Å². The third-order valence-electron chi connectivity index (χ3n) is 4.73. The lowest BCUT2D eigenvalue weighted by Gasteiger charge is -2.26. The molecule has 1 amide bonds. The number of aryl methyl sites for hydroxylation is 2. The zero-order valence-corrected chi connectivity index (χ0v) is 17.4. The highest BCUT2D eigenvalue weighted by atomic mass is 16.6. The number of fused-ring (bicyclic) bond motifs is 1. The molecule has 0 aromatic carbocycles. The summed E-state index contributed by atoms with van der Waals surface area (Å²) in [5.74, 6) is 0.916. The summed E-state index contributed by atoms with van der Waals surface area (Å²) in [6, 6.07) is 2.14. The van der Waals surface area contributed by atoms with Gasteiger partial charge in [0.1, 0.15) is 11.4 Å². The van der Waals surface area contributed by atoms with Crippen LogP contribution in [-0.4, -0.2) is 50.7 Å². The lowest BCUT2D eigenvalue weighted by molar-refractivity contribution is 0.0256. The fourth-order valence-electron chi connectivity index (χ4n) is 3.51. The maximum Gasteiger partial charge on any atom is 0.410 e. The third-order valence-corrected chi connectivity index (χ3v) is 4.73.